The summed E-state index contributed by atoms with van der Waals surface area (Å²) < 4.78 is 5.78. The Morgan fingerprint density at radius 2 is 2.09 bits per heavy atom. The van der Waals surface area contributed by atoms with E-state index < -0.39 is 0 Å². The fraction of sp³-hybridized carbons (Fsp3) is 0.389. The van der Waals surface area contributed by atoms with Crippen molar-refractivity contribution >= 4 is 23.4 Å². The highest BCUT2D eigenvalue weighted by molar-refractivity contribution is 7.97. The van der Waals surface area contributed by atoms with Gasteiger partial charge in [-0.1, -0.05) is 12.1 Å². The fourth-order valence-electron chi connectivity index (χ4n) is 2.78. The molecule has 1 atom stereocenters. The van der Waals surface area contributed by atoms with Crippen LogP contribution in [0.15, 0.2) is 34.7 Å². The van der Waals surface area contributed by atoms with Crippen molar-refractivity contribution < 1.29 is 9.21 Å². The number of fused-ring (bicyclic) bond motifs is 1. The minimum Gasteiger partial charge on any atom is -0.464 e. The molecule has 5 heteroatoms. The van der Waals surface area contributed by atoms with Gasteiger partial charge in [0.1, 0.15) is 11.5 Å². The molecule has 122 valence electrons. The van der Waals surface area contributed by atoms with Gasteiger partial charge in [-0.05, 0) is 48.9 Å². The summed E-state index contributed by atoms with van der Waals surface area (Å²) in [6.07, 6.45) is 3.46. The van der Waals surface area contributed by atoms with Crippen LogP contribution in [-0.2, 0) is 23.5 Å². The molecule has 1 aromatic heterocycles. The van der Waals surface area contributed by atoms with E-state index in [4.69, 9.17) is 4.42 Å². The fourth-order valence-corrected chi connectivity index (χ4v) is 3.22. The number of carbonyl (C=O) groups excluding carboxylic acids is 1. The monoisotopic (exact) mass is 330 g/mol. The average Bonchev–Trinajstić information content (AvgIpc) is 3.00. The van der Waals surface area contributed by atoms with Crippen LogP contribution in [0, 0.1) is 0 Å². The van der Waals surface area contributed by atoms with Gasteiger partial charge >= 0.3 is 0 Å². The van der Waals surface area contributed by atoms with E-state index in [-0.39, 0.29) is 11.9 Å². The van der Waals surface area contributed by atoms with Crippen LogP contribution in [0.1, 0.15) is 42.0 Å². The van der Waals surface area contributed by atoms with Crippen LogP contribution in [0.2, 0.25) is 0 Å². The van der Waals surface area contributed by atoms with Gasteiger partial charge in [0.25, 0.3) is 0 Å². The molecule has 1 aliphatic rings. The number of anilines is 1. The number of furan rings is 1. The van der Waals surface area contributed by atoms with Gasteiger partial charge in [-0.25, -0.2) is 0 Å². The van der Waals surface area contributed by atoms with Crippen molar-refractivity contribution in [3.8, 4) is 0 Å². The Balaban J connectivity index is 1.61. The first-order valence-corrected chi connectivity index (χ1v) is 9.27. The van der Waals surface area contributed by atoms with E-state index in [9.17, 15) is 4.79 Å². The predicted molar refractivity (Wildman–Crippen MR) is 94.6 cm³/mol. The molecule has 2 N–H and O–H groups in total. The number of carbonyl (C=O) groups is 1. The molecule has 2 heterocycles. The van der Waals surface area contributed by atoms with Gasteiger partial charge in [-0.15, -0.1) is 0 Å². The summed E-state index contributed by atoms with van der Waals surface area (Å²) in [5.41, 5.74) is 3.40. The molecule has 0 unspecified atom stereocenters. The van der Waals surface area contributed by atoms with Gasteiger partial charge in [-0.2, -0.15) is 11.8 Å². The second-order valence-corrected chi connectivity index (χ2v) is 6.73. The molecular weight excluding hydrogens is 308 g/mol. The van der Waals surface area contributed by atoms with E-state index in [2.05, 4.69) is 35.9 Å². The Labute approximate surface area is 141 Å². The molecule has 1 amide bonds. The molecule has 3 rings (SSSR count). The van der Waals surface area contributed by atoms with Crippen LogP contribution in [-0.4, -0.2) is 12.2 Å². The van der Waals surface area contributed by atoms with Crippen LogP contribution >= 0.6 is 11.8 Å². The SMILES string of the molecule is CSCc1ccc(CN[C@H](C)c2ccc3c(c2)CCC(=O)N3)o1. The van der Waals surface area contributed by atoms with E-state index in [1.165, 1.54) is 11.1 Å². The Bertz CT molecular complexity index is 696. The number of hydrogen-bond donors (Lipinski definition) is 2. The predicted octanol–water partition coefficient (Wildman–Crippen LogP) is 3.88. The molecule has 2 aromatic rings. The average molecular weight is 330 g/mol. The Kier molecular flexibility index (Phi) is 5.08. The quantitative estimate of drug-likeness (QED) is 0.844. The lowest BCUT2D eigenvalue weighted by Gasteiger charge is -2.20. The smallest absolute Gasteiger partial charge is 0.224 e. The maximum atomic E-state index is 11.4. The van der Waals surface area contributed by atoms with Gasteiger partial charge in [0.05, 0.1) is 12.3 Å². The van der Waals surface area contributed by atoms with Crippen LogP contribution in [0.5, 0.6) is 0 Å². The Hall–Kier alpha value is -1.72. The van der Waals surface area contributed by atoms with Crippen molar-refractivity contribution in [1.82, 2.24) is 5.32 Å². The van der Waals surface area contributed by atoms with Crippen LogP contribution in [0.3, 0.4) is 0 Å². The summed E-state index contributed by atoms with van der Waals surface area (Å²) in [6, 6.07) is 10.6. The highest BCUT2D eigenvalue weighted by Crippen LogP contribution is 2.26. The summed E-state index contributed by atoms with van der Waals surface area (Å²) in [4.78, 5) is 11.4. The zero-order chi connectivity index (χ0) is 16.2. The molecule has 4 nitrogen and oxygen atoms in total. The second-order valence-electron chi connectivity index (χ2n) is 5.87. The van der Waals surface area contributed by atoms with Crippen LogP contribution < -0.4 is 10.6 Å². The third-order valence-corrected chi connectivity index (χ3v) is 4.68. The second kappa shape index (κ2) is 7.23. The normalized spacial score (nSPS) is 15.1. The maximum Gasteiger partial charge on any atom is 0.224 e. The van der Waals surface area contributed by atoms with Crippen molar-refractivity contribution in [3.63, 3.8) is 0 Å². The molecule has 0 fully saturated rings. The molecule has 0 spiro atoms. The van der Waals surface area contributed by atoms with Crippen molar-refractivity contribution in [1.29, 1.82) is 0 Å². The lowest BCUT2D eigenvalue weighted by molar-refractivity contribution is -0.116. The molecule has 0 radical (unpaired) electrons. The molecule has 0 bridgehead atoms. The van der Waals surface area contributed by atoms with Gasteiger partial charge in [0, 0.05) is 18.2 Å². The van der Waals surface area contributed by atoms with Crippen molar-refractivity contribution in [3.05, 3.63) is 53.0 Å². The van der Waals surface area contributed by atoms with Gasteiger partial charge in [0.15, 0.2) is 0 Å². The van der Waals surface area contributed by atoms with E-state index in [0.717, 1.165) is 29.4 Å². The minimum atomic E-state index is 0.107. The number of aryl methyl sites for hydroxylation is 1. The van der Waals surface area contributed by atoms with Crippen LogP contribution in [0.25, 0.3) is 0 Å². The minimum absolute atomic E-state index is 0.107. The topological polar surface area (TPSA) is 54.3 Å². The molecule has 0 aliphatic carbocycles. The largest absolute Gasteiger partial charge is 0.464 e. The van der Waals surface area contributed by atoms with Gasteiger partial charge in [0.2, 0.25) is 5.91 Å². The number of amides is 1. The summed E-state index contributed by atoms with van der Waals surface area (Å²) in [7, 11) is 0. The number of thioether (sulfide) groups is 1. The van der Waals surface area contributed by atoms with E-state index >= 15 is 0 Å². The third kappa shape index (κ3) is 3.98. The van der Waals surface area contributed by atoms with Crippen molar-refractivity contribution in [2.24, 2.45) is 0 Å². The summed E-state index contributed by atoms with van der Waals surface area (Å²) in [6.45, 7) is 2.86. The molecule has 0 saturated carbocycles. The standard InChI is InChI=1S/C18H22N2O2S/c1-12(19-10-15-5-6-16(22-15)11-23-2)13-3-7-17-14(9-13)4-8-18(21)20-17/h3,5-7,9,12,19H,4,8,10-11H2,1-2H3,(H,20,21)/t12-/m1/s1. The maximum absolute atomic E-state index is 11.4. The summed E-state index contributed by atoms with van der Waals surface area (Å²) in [5, 5.41) is 6.42. The molecule has 1 aromatic carbocycles. The molecular formula is C18H22N2O2S. The van der Waals surface area contributed by atoms with Crippen LogP contribution in [0.4, 0.5) is 5.69 Å². The molecule has 0 saturated heterocycles. The number of rotatable bonds is 6. The highest BCUT2D eigenvalue weighted by Gasteiger charge is 2.16. The molecule has 1 aliphatic heterocycles. The Morgan fingerprint density at radius 1 is 1.26 bits per heavy atom. The number of hydrogen-bond acceptors (Lipinski definition) is 4. The van der Waals surface area contributed by atoms with Gasteiger partial charge in [-0.3, -0.25) is 4.79 Å². The van der Waals surface area contributed by atoms with Crippen molar-refractivity contribution in [2.75, 3.05) is 11.6 Å². The lowest BCUT2D eigenvalue weighted by atomic mass is 9.98. The lowest BCUT2D eigenvalue weighted by Crippen LogP contribution is -2.21. The zero-order valence-electron chi connectivity index (χ0n) is 13.5. The van der Waals surface area contributed by atoms with E-state index in [1.54, 1.807) is 11.8 Å². The molecule has 23 heavy (non-hydrogen) atoms. The van der Waals surface area contributed by atoms with Crippen molar-refractivity contribution in [2.45, 2.75) is 38.1 Å². The summed E-state index contributed by atoms with van der Waals surface area (Å²) in [5.74, 6) is 3.00. The number of benzene rings is 1. The zero-order valence-corrected chi connectivity index (χ0v) is 14.3. The first kappa shape index (κ1) is 16.1. The number of nitrogens with one attached hydrogen (secondary N) is 2. The Morgan fingerprint density at radius 3 is 2.91 bits per heavy atom. The highest BCUT2D eigenvalue weighted by atomic mass is 32.2. The first-order valence-electron chi connectivity index (χ1n) is 7.88. The third-order valence-electron chi connectivity index (χ3n) is 4.11. The van der Waals surface area contributed by atoms with E-state index in [0.29, 0.717) is 13.0 Å². The first-order chi connectivity index (χ1) is 11.2. The van der Waals surface area contributed by atoms with E-state index in [1.807, 2.05) is 18.2 Å². The summed E-state index contributed by atoms with van der Waals surface area (Å²) >= 11 is 1.76. The van der Waals surface area contributed by atoms with Gasteiger partial charge < -0.3 is 15.1 Å².